The molecule has 0 aliphatic rings. The topological polar surface area (TPSA) is 38.3 Å². The van der Waals surface area contributed by atoms with E-state index in [2.05, 4.69) is 41.7 Å². The maximum Gasteiger partial charge on any atom is 0.117 e. The first-order valence-electron chi connectivity index (χ1n) is 7.72. The molecule has 3 rings (SSSR count). The summed E-state index contributed by atoms with van der Waals surface area (Å²) in [4.78, 5) is 0. The normalized spacial score (nSPS) is 12.4. The zero-order chi connectivity index (χ0) is 15.0. The van der Waals surface area contributed by atoms with E-state index in [1.807, 2.05) is 18.2 Å². The van der Waals surface area contributed by atoms with Crippen LogP contribution in [0.15, 0.2) is 76.0 Å². The fraction of sp³-hybridized carbons (Fsp3) is 0.263. The van der Waals surface area contributed by atoms with E-state index in [9.17, 15) is 0 Å². The molecule has 114 valence electrons. The van der Waals surface area contributed by atoms with Gasteiger partial charge in [0.1, 0.15) is 11.5 Å². The van der Waals surface area contributed by atoms with Gasteiger partial charge in [0.2, 0.25) is 0 Å². The van der Waals surface area contributed by atoms with Crippen molar-refractivity contribution in [2.75, 3.05) is 6.54 Å². The van der Waals surface area contributed by atoms with Gasteiger partial charge in [0, 0.05) is 5.92 Å². The van der Waals surface area contributed by atoms with Crippen LogP contribution in [0.3, 0.4) is 0 Å². The van der Waals surface area contributed by atoms with E-state index in [-0.39, 0.29) is 0 Å². The summed E-state index contributed by atoms with van der Waals surface area (Å²) in [5, 5.41) is 3.43. The molecule has 0 radical (unpaired) electrons. The van der Waals surface area contributed by atoms with Crippen LogP contribution in [0.2, 0.25) is 0 Å². The van der Waals surface area contributed by atoms with Gasteiger partial charge in [-0.3, -0.25) is 0 Å². The van der Waals surface area contributed by atoms with Crippen LogP contribution in [0.1, 0.15) is 29.4 Å². The molecule has 0 saturated heterocycles. The van der Waals surface area contributed by atoms with Crippen LogP contribution in [0.5, 0.6) is 0 Å². The highest BCUT2D eigenvalue weighted by Gasteiger charge is 2.15. The van der Waals surface area contributed by atoms with Gasteiger partial charge in [-0.25, -0.2) is 0 Å². The quantitative estimate of drug-likeness (QED) is 0.627. The lowest BCUT2D eigenvalue weighted by molar-refractivity contribution is 0.427. The molecule has 1 aromatic carbocycles. The van der Waals surface area contributed by atoms with Crippen molar-refractivity contribution in [3.63, 3.8) is 0 Å². The Morgan fingerprint density at radius 2 is 1.68 bits per heavy atom. The fourth-order valence-electron chi connectivity index (χ4n) is 2.67. The zero-order valence-electron chi connectivity index (χ0n) is 12.6. The van der Waals surface area contributed by atoms with Gasteiger partial charge in [-0.05, 0) is 49.2 Å². The molecule has 0 spiro atoms. The van der Waals surface area contributed by atoms with E-state index in [0.29, 0.717) is 5.92 Å². The first kappa shape index (κ1) is 14.7. The molecular weight excluding hydrogens is 274 g/mol. The molecule has 1 N–H and O–H groups in total. The summed E-state index contributed by atoms with van der Waals surface area (Å²) in [6.07, 6.45) is 5.49. The van der Waals surface area contributed by atoms with Gasteiger partial charge >= 0.3 is 0 Å². The third-order valence-electron chi connectivity index (χ3n) is 3.82. The number of furan rings is 2. The van der Waals surface area contributed by atoms with Gasteiger partial charge in [-0.2, -0.15) is 0 Å². The Balaban J connectivity index is 1.55. The fourth-order valence-corrected chi connectivity index (χ4v) is 2.67. The Morgan fingerprint density at radius 1 is 0.864 bits per heavy atom. The zero-order valence-corrected chi connectivity index (χ0v) is 12.6. The van der Waals surface area contributed by atoms with E-state index in [4.69, 9.17) is 8.83 Å². The molecule has 3 nitrogen and oxygen atoms in total. The minimum Gasteiger partial charge on any atom is -0.469 e. The molecular formula is C19H21NO2. The van der Waals surface area contributed by atoms with Crippen molar-refractivity contribution in [3.8, 4) is 0 Å². The molecule has 0 bridgehead atoms. The van der Waals surface area contributed by atoms with Crippen molar-refractivity contribution in [3.05, 3.63) is 84.2 Å². The lowest BCUT2D eigenvalue weighted by Crippen LogP contribution is -2.17. The Hall–Kier alpha value is -2.26. The summed E-state index contributed by atoms with van der Waals surface area (Å²) in [5.41, 5.74) is 1.34. The highest BCUT2D eigenvalue weighted by molar-refractivity contribution is 5.19. The standard InChI is InChI=1S/C19H21NO2/c1-2-6-16(7-3-1)14-17(19-9-5-13-22-19)10-11-20-15-18-8-4-12-21-18/h1-9,12-13,17,20H,10-11,14-15H2/t17-/m0/s1. The van der Waals surface area contributed by atoms with E-state index in [1.165, 1.54) is 5.56 Å². The molecule has 0 fully saturated rings. The van der Waals surface area contributed by atoms with Crippen LogP contribution in [-0.2, 0) is 13.0 Å². The van der Waals surface area contributed by atoms with Crippen molar-refractivity contribution in [2.24, 2.45) is 0 Å². The Bertz CT molecular complexity index is 629. The summed E-state index contributed by atoms with van der Waals surface area (Å²) in [5.74, 6) is 2.42. The van der Waals surface area contributed by atoms with E-state index < -0.39 is 0 Å². The van der Waals surface area contributed by atoms with Crippen molar-refractivity contribution in [2.45, 2.75) is 25.3 Å². The third-order valence-corrected chi connectivity index (χ3v) is 3.82. The molecule has 1 atom stereocenters. The van der Waals surface area contributed by atoms with Gasteiger partial charge in [-0.15, -0.1) is 0 Å². The van der Waals surface area contributed by atoms with E-state index >= 15 is 0 Å². The molecule has 2 aromatic heterocycles. The molecule has 0 aliphatic carbocycles. The van der Waals surface area contributed by atoms with E-state index in [1.54, 1.807) is 12.5 Å². The van der Waals surface area contributed by atoms with Crippen molar-refractivity contribution in [1.29, 1.82) is 0 Å². The summed E-state index contributed by atoms with van der Waals surface area (Å²) in [7, 11) is 0. The smallest absolute Gasteiger partial charge is 0.117 e. The molecule has 0 amide bonds. The number of hydrogen-bond donors (Lipinski definition) is 1. The molecule has 2 heterocycles. The summed E-state index contributed by atoms with van der Waals surface area (Å²) in [6.45, 7) is 1.70. The lowest BCUT2D eigenvalue weighted by Gasteiger charge is -2.15. The number of hydrogen-bond acceptors (Lipinski definition) is 3. The van der Waals surface area contributed by atoms with Crippen LogP contribution in [0.25, 0.3) is 0 Å². The summed E-state index contributed by atoms with van der Waals surface area (Å²) in [6, 6.07) is 18.5. The summed E-state index contributed by atoms with van der Waals surface area (Å²) >= 11 is 0. The Morgan fingerprint density at radius 3 is 2.41 bits per heavy atom. The molecule has 0 aliphatic heterocycles. The average Bonchev–Trinajstić information content (AvgIpc) is 3.24. The predicted octanol–water partition coefficient (Wildman–Crippen LogP) is 4.38. The van der Waals surface area contributed by atoms with Gasteiger partial charge < -0.3 is 14.2 Å². The van der Waals surface area contributed by atoms with Crippen LogP contribution in [0, 0.1) is 0 Å². The van der Waals surface area contributed by atoms with Gasteiger partial charge in [-0.1, -0.05) is 30.3 Å². The molecule has 3 aromatic rings. The van der Waals surface area contributed by atoms with Gasteiger partial charge in [0.15, 0.2) is 0 Å². The maximum atomic E-state index is 5.62. The van der Waals surface area contributed by atoms with E-state index in [0.717, 1.165) is 37.5 Å². The predicted molar refractivity (Wildman–Crippen MR) is 86.6 cm³/mol. The number of nitrogens with one attached hydrogen (secondary N) is 1. The minimum absolute atomic E-state index is 0.390. The van der Waals surface area contributed by atoms with Crippen molar-refractivity contribution >= 4 is 0 Å². The van der Waals surface area contributed by atoms with Crippen LogP contribution in [0.4, 0.5) is 0 Å². The van der Waals surface area contributed by atoms with Crippen molar-refractivity contribution < 1.29 is 8.83 Å². The van der Waals surface area contributed by atoms with Crippen LogP contribution in [-0.4, -0.2) is 6.54 Å². The SMILES string of the molecule is c1ccc(C[C@H](CCNCc2ccco2)c2ccco2)cc1. The second-order valence-corrected chi connectivity index (χ2v) is 5.45. The first-order valence-corrected chi connectivity index (χ1v) is 7.72. The highest BCUT2D eigenvalue weighted by Crippen LogP contribution is 2.24. The van der Waals surface area contributed by atoms with Gasteiger partial charge in [0.05, 0.1) is 19.1 Å². The largest absolute Gasteiger partial charge is 0.469 e. The van der Waals surface area contributed by atoms with Gasteiger partial charge in [0.25, 0.3) is 0 Å². The summed E-state index contributed by atoms with van der Waals surface area (Å²) < 4.78 is 11.0. The molecule has 3 heteroatoms. The van der Waals surface area contributed by atoms with Crippen LogP contribution < -0.4 is 5.32 Å². The first-order chi connectivity index (χ1) is 10.9. The highest BCUT2D eigenvalue weighted by atomic mass is 16.3. The van der Waals surface area contributed by atoms with Crippen LogP contribution >= 0.6 is 0 Å². The minimum atomic E-state index is 0.390. The number of rotatable bonds is 8. The molecule has 0 saturated carbocycles. The second kappa shape index (κ2) is 7.66. The lowest BCUT2D eigenvalue weighted by atomic mass is 9.94. The molecule has 22 heavy (non-hydrogen) atoms. The average molecular weight is 295 g/mol. The Labute approximate surface area is 131 Å². The monoisotopic (exact) mass is 295 g/mol. The third kappa shape index (κ3) is 4.12. The Kier molecular flexibility index (Phi) is 5.11. The second-order valence-electron chi connectivity index (χ2n) is 5.45. The molecule has 0 unspecified atom stereocenters. The number of benzene rings is 1. The maximum absolute atomic E-state index is 5.62. The van der Waals surface area contributed by atoms with Crippen molar-refractivity contribution in [1.82, 2.24) is 5.32 Å².